The molecule has 0 radical (unpaired) electrons. The van der Waals surface area contributed by atoms with Crippen LogP contribution in [0.4, 0.5) is 0 Å². The zero-order valence-corrected chi connectivity index (χ0v) is 16.1. The van der Waals surface area contributed by atoms with Crippen molar-refractivity contribution in [2.45, 2.75) is 25.7 Å². The highest BCUT2D eigenvalue weighted by molar-refractivity contribution is 5.80. The molecule has 29 heavy (non-hydrogen) atoms. The van der Waals surface area contributed by atoms with Crippen molar-refractivity contribution in [2.24, 2.45) is 0 Å². The number of ether oxygens (including phenoxy) is 2. The quantitative estimate of drug-likeness (QED) is 0.500. The molecule has 0 saturated carbocycles. The van der Waals surface area contributed by atoms with E-state index in [2.05, 4.69) is 49.9 Å². The summed E-state index contributed by atoms with van der Waals surface area (Å²) in [7, 11) is 0. The van der Waals surface area contributed by atoms with Crippen molar-refractivity contribution in [3.05, 3.63) is 71.4 Å². The van der Waals surface area contributed by atoms with Gasteiger partial charge in [-0.3, -0.25) is 9.38 Å². The fourth-order valence-electron chi connectivity index (χ4n) is 4.59. The normalized spacial score (nSPS) is 17.5. The summed E-state index contributed by atoms with van der Waals surface area (Å²) in [6, 6.07) is 12.5. The Labute approximate surface area is 168 Å². The van der Waals surface area contributed by atoms with E-state index in [4.69, 9.17) is 9.47 Å². The molecular weight excluding hydrogens is 364 g/mol. The molecule has 1 aromatic carbocycles. The molecule has 144 valence electrons. The molecule has 4 aromatic rings. The second kappa shape index (κ2) is 6.30. The highest BCUT2D eigenvalue weighted by Gasteiger charge is 2.30. The summed E-state index contributed by atoms with van der Waals surface area (Å²) in [5, 5.41) is 8.62. The lowest BCUT2D eigenvalue weighted by molar-refractivity contribution is 0.246. The summed E-state index contributed by atoms with van der Waals surface area (Å²) in [6.07, 6.45) is 5.37. The van der Waals surface area contributed by atoms with E-state index in [-0.39, 0.29) is 5.92 Å². The van der Waals surface area contributed by atoms with Gasteiger partial charge in [-0.2, -0.15) is 0 Å². The average Bonchev–Trinajstić information content (AvgIpc) is 3.39. The number of pyridine rings is 2. The lowest BCUT2D eigenvalue weighted by Crippen LogP contribution is -2.13. The Morgan fingerprint density at radius 1 is 1.00 bits per heavy atom. The molecule has 6 rings (SSSR count). The molecule has 0 spiro atoms. The molecule has 0 saturated heterocycles. The van der Waals surface area contributed by atoms with E-state index in [1.807, 2.05) is 19.2 Å². The maximum absolute atomic E-state index is 6.40. The summed E-state index contributed by atoms with van der Waals surface area (Å²) in [6.45, 7) is 3.28. The molecule has 2 aliphatic heterocycles. The van der Waals surface area contributed by atoms with Crippen LogP contribution < -0.4 is 9.47 Å². The van der Waals surface area contributed by atoms with Crippen LogP contribution in [0.1, 0.15) is 28.4 Å². The van der Waals surface area contributed by atoms with Crippen LogP contribution in [-0.4, -0.2) is 32.8 Å². The van der Waals surface area contributed by atoms with E-state index in [0.717, 1.165) is 52.5 Å². The summed E-state index contributed by atoms with van der Waals surface area (Å²) in [4.78, 5) is 4.45. The maximum Gasteiger partial charge on any atom is 0.169 e. The van der Waals surface area contributed by atoms with E-state index in [9.17, 15) is 0 Å². The third-order valence-corrected chi connectivity index (χ3v) is 6.01. The fraction of sp³-hybridized carbons (Fsp3) is 0.261. The number of benzene rings is 1. The van der Waals surface area contributed by atoms with Gasteiger partial charge in [-0.25, -0.2) is 0 Å². The molecule has 0 aliphatic carbocycles. The smallest absolute Gasteiger partial charge is 0.169 e. The summed E-state index contributed by atoms with van der Waals surface area (Å²) >= 11 is 0. The minimum Gasteiger partial charge on any atom is -0.493 e. The second-order valence-electron chi connectivity index (χ2n) is 7.68. The van der Waals surface area contributed by atoms with Gasteiger partial charge in [0.25, 0.3) is 0 Å². The lowest BCUT2D eigenvalue weighted by Gasteiger charge is -2.16. The Hall–Kier alpha value is -3.41. The third kappa shape index (κ3) is 2.52. The standard InChI is InChI=1S/C23H20N4O2/c1-14-17(5-3-9-24-14)18-10-21-19(27-13-25-26-23(18)27)8-7-15-4-2-6-20-22(15)16(11-28-20)12-29-21/h2-6,9-10,13,16H,7-8,11-12H2,1H3/t16-/m1/s1. The average molecular weight is 384 g/mol. The first-order chi connectivity index (χ1) is 14.3. The van der Waals surface area contributed by atoms with Gasteiger partial charge in [-0.1, -0.05) is 18.2 Å². The first kappa shape index (κ1) is 16.5. The number of hydrogen-bond acceptors (Lipinski definition) is 5. The maximum atomic E-state index is 6.40. The van der Waals surface area contributed by atoms with E-state index < -0.39 is 0 Å². The van der Waals surface area contributed by atoms with Gasteiger partial charge < -0.3 is 9.47 Å². The number of rotatable bonds is 1. The van der Waals surface area contributed by atoms with Crippen LogP contribution >= 0.6 is 0 Å². The van der Waals surface area contributed by atoms with Crippen molar-refractivity contribution >= 4 is 5.65 Å². The summed E-state index contributed by atoms with van der Waals surface area (Å²) in [5.74, 6) is 2.15. The van der Waals surface area contributed by atoms with Crippen molar-refractivity contribution in [2.75, 3.05) is 13.2 Å². The molecule has 0 amide bonds. The zero-order valence-electron chi connectivity index (χ0n) is 16.1. The molecule has 6 heteroatoms. The second-order valence-corrected chi connectivity index (χ2v) is 7.68. The number of fused-ring (bicyclic) bond motifs is 3. The molecule has 2 aliphatic rings. The Morgan fingerprint density at radius 3 is 2.79 bits per heavy atom. The highest BCUT2D eigenvalue weighted by atomic mass is 16.5. The van der Waals surface area contributed by atoms with Crippen LogP contribution in [0.3, 0.4) is 0 Å². The third-order valence-electron chi connectivity index (χ3n) is 6.01. The monoisotopic (exact) mass is 384 g/mol. The molecule has 6 nitrogen and oxygen atoms in total. The van der Waals surface area contributed by atoms with Crippen molar-refractivity contribution in [1.29, 1.82) is 0 Å². The first-order valence-corrected chi connectivity index (χ1v) is 9.94. The van der Waals surface area contributed by atoms with Crippen molar-refractivity contribution in [3.8, 4) is 22.6 Å². The van der Waals surface area contributed by atoms with Gasteiger partial charge in [0.1, 0.15) is 17.8 Å². The highest BCUT2D eigenvalue weighted by Crippen LogP contribution is 2.40. The Morgan fingerprint density at radius 2 is 1.90 bits per heavy atom. The number of aryl methyl sites for hydroxylation is 3. The van der Waals surface area contributed by atoms with Gasteiger partial charge in [-0.05, 0) is 43.5 Å². The molecule has 0 unspecified atom stereocenters. The molecular formula is C23H20N4O2. The summed E-state index contributed by atoms with van der Waals surface area (Å²) in [5.41, 5.74) is 7.59. The predicted octanol–water partition coefficient (Wildman–Crippen LogP) is 3.75. The number of aromatic nitrogens is 4. The minimum atomic E-state index is 0.257. The van der Waals surface area contributed by atoms with Crippen molar-refractivity contribution < 1.29 is 9.47 Å². The van der Waals surface area contributed by atoms with Crippen LogP contribution in [0.25, 0.3) is 16.8 Å². The Kier molecular flexibility index (Phi) is 3.59. The SMILES string of the molecule is Cc1ncccc1-c1cc2c(n3cnnc13)CCc1cccc3c1[C@H](CO3)CO2. The van der Waals surface area contributed by atoms with Gasteiger partial charge in [-0.15, -0.1) is 10.2 Å². The van der Waals surface area contributed by atoms with Gasteiger partial charge in [0.2, 0.25) is 0 Å². The Bertz CT molecular complexity index is 1250. The molecule has 0 fully saturated rings. The molecule has 0 bridgehead atoms. The first-order valence-electron chi connectivity index (χ1n) is 9.94. The number of hydrogen-bond donors (Lipinski definition) is 0. The topological polar surface area (TPSA) is 61.5 Å². The van der Waals surface area contributed by atoms with E-state index in [1.165, 1.54) is 11.1 Å². The van der Waals surface area contributed by atoms with Crippen molar-refractivity contribution in [1.82, 2.24) is 19.6 Å². The number of nitrogens with zero attached hydrogens (tertiary/aromatic N) is 4. The van der Waals surface area contributed by atoms with Gasteiger partial charge in [0.15, 0.2) is 5.65 Å². The molecule has 3 aromatic heterocycles. The van der Waals surface area contributed by atoms with Crippen LogP contribution in [0.5, 0.6) is 11.5 Å². The van der Waals surface area contributed by atoms with E-state index in [0.29, 0.717) is 13.2 Å². The van der Waals surface area contributed by atoms with Gasteiger partial charge in [0.05, 0.1) is 24.8 Å². The fourth-order valence-corrected chi connectivity index (χ4v) is 4.59. The largest absolute Gasteiger partial charge is 0.493 e. The predicted molar refractivity (Wildman–Crippen MR) is 109 cm³/mol. The van der Waals surface area contributed by atoms with Crippen molar-refractivity contribution in [3.63, 3.8) is 0 Å². The molecule has 1 atom stereocenters. The van der Waals surface area contributed by atoms with Gasteiger partial charge in [0, 0.05) is 28.6 Å². The molecule has 0 N–H and O–H groups in total. The van der Waals surface area contributed by atoms with Gasteiger partial charge >= 0.3 is 0 Å². The van der Waals surface area contributed by atoms with Crippen LogP contribution in [0.2, 0.25) is 0 Å². The summed E-state index contributed by atoms with van der Waals surface area (Å²) < 4.78 is 14.4. The van der Waals surface area contributed by atoms with Crippen LogP contribution in [0.15, 0.2) is 48.9 Å². The van der Waals surface area contributed by atoms with E-state index in [1.54, 1.807) is 6.33 Å². The molecule has 5 heterocycles. The van der Waals surface area contributed by atoms with E-state index >= 15 is 0 Å². The minimum absolute atomic E-state index is 0.257. The Balaban J connectivity index is 1.53. The zero-order chi connectivity index (χ0) is 19.4. The van der Waals surface area contributed by atoms with Crippen LogP contribution in [0, 0.1) is 6.92 Å². The lowest BCUT2D eigenvalue weighted by atomic mass is 9.93. The van der Waals surface area contributed by atoms with Crippen LogP contribution in [-0.2, 0) is 12.8 Å².